The Morgan fingerprint density at radius 1 is 1.11 bits per heavy atom. The van der Waals surface area contributed by atoms with Gasteiger partial charge in [-0.25, -0.2) is 4.98 Å². The van der Waals surface area contributed by atoms with Crippen LogP contribution in [0, 0.1) is 0 Å². The van der Waals surface area contributed by atoms with E-state index in [0.29, 0.717) is 11.7 Å². The molecule has 1 aliphatic rings. The summed E-state index contributed by atoms with van der Waals surface area (Å²) < 4.78 is 5.94. The van der Waals surface area contributed by atoms with Crippen LogP contribution in [0.2, 0.25) is 6.82 Å². The molecule has 1 heterocycles. The molecule has 1 aliphatic carbocycles. The number of aryl methyl sites for hydroxylation is 1. The minimum atomic E-state index is 0.282. The van der Waals surface area contributed by atoms with Crippen molar-refractivity contribution in [1.82, 2.24) is 15.0 Å². The Hall–Kier alpha value is -1.13. The standard InChI is InChI=1S/C13H21BN3O/c1-3-11-15-12(14-2)17-13(16-11)18-10-8-6-4-5-7-9-10/h10H,3-9H2,1-2H3. The largest absolute Gasteiger partial charge is 0.460 e. The first kappa shape index (κ1) is 13.3. The van der Waals surface area contributed by atoms with Gasteiger partial charge in [-0.1, -0.05) is 26.6 Å². The molecule has 0 spiro atoms. The first-order valence-corrected chi connectivity index (χ1v) is 7.02. The molecule has 1 saturated carbocycles. The van der Waals surface area contributed by atoms with E-state index in [1.165, 1.54) is 25.7 Å². The smallest absolute Gasteiger partial charge is 0.319 e. The fraction of sp³-hybridized carbons (Fsp3) is 0.769. The molecule has 1 fully saturated rings. The molecular weight excluding hydrogens is 225 g/mol. The highest BCUT2D eigenvalue weighted by molar-refractivity contribution is 6.49. The van der Waals surface area contributed by atoms with Gasteiger partial charge >= 0.3 is 6.01 Å². The van der Waals surface area contributed by atoms with E-state index in [0.717, 1.165) is 25.1 Å². The zero-order chi connectivity index (χ0) is 12.8. The molecule has 1 aromatic heterocycles. The number of hydrogen-bond donors (Lipinski definition) is 0. The predicted molar refractivity (Wildman–Crippen MR) is 72.6 cm³/mol. The third-order valence-electron chi connectivity index (χ3n) is 3.33. The second kappa shape index (κ2) is 6.71. The summed E-state index contributed by atoms with van der Waals surface area (Å²) in [5, 5.41) is 0. The molecule has 0 aromatic carbocycles. The lowest BCUT2D eigenvalue weighted by molar-refractivity contribution is 0.167. The van der Waals surface area contributed by atoms with E-state index in [-0.39, 0.29) is 6.10 Å². The van der Waals surface area contributed by atoms with Crippen LogP contribution in [0.1, 0.15) is 51.3 Å². The highest BCUT2D eigenvalue weighted by Crippen LogP contribution is 2.20. The molecule has 0 unspecified atom stereocenters. The maximum Gasteiger partial charge on any atom is 0.319 e. The van der Waals surface area contributed by atoms with Crippen LogP contribution in [0.25, 0.3) is 0 Å². The molecular formula is C13H21BN3O. The second-order valence-electron chi connectivity index (χ2n) is 4.77. The molecule has 97 valence electrons. The van der Waals surface area contributed by atoms with E-state index in [2.05, 4.69) is 15.0 Å². The first-order chi connectivity index (χ1) is 8.81. The fourth-order valence-corrected chi connectivity index (χ4v) is 2.26. The summed E-state index contributed by atoms with van der Waals surface area (Å²) in [6.07, 6.45) is 8.49. The number of aromatic nitrogens is 3. The van der Waals surface area contributed by atoms with Gasteiger partial charge in [0.2, 0.25) is 7.28 Å². The van der Waals surface area contributed by atoms with Crippen LogP contribution in [0.5, 0.6) is 6.01 Å². The average molecular weight is 246 g/mol. The average Bonchev–Trinajstić information content (AvgIpc) is 2.67. The van der Waals surface area contributed by atoms with Crippen molar-refractivity contribution >= 4 is 13.0 Å². The quantitative estimate of drug-likeness (QED) is 0.601. The van der Waals surface area contributed by atoms with Gasteiger partial charge in [-0.05, 0) is 25.7 Å². The van der Waals surface area contributed by atoms with Crippen LogP contribution in [-0.4, -0.2) is 28.3 Å². The Labute approximate surface area is 110 Å². The molecule has 18 heavy (non-hydrogen) atoms. The monoisotopic (exact) mass is 246 g/mol. The lowest BCUT2D eigenvalue weighted by atomic mass is 9.81. The molecule has 1 aromatic rings. The van der Waals surface area contributed by atoms with Gasteiger partial charge in [0.25, 0.3) is 0 Å². The number of rotatable bonds is 4. The van der Waals surface area contributed by atoms with Crippen molar-refractivity contribution in [3.63, 3.8) is 0 Å². The summed E-state index contributed by atoms with van der Waals surface area (Å²) in [6.45, 7) is 3.98. The maximum absolute atomic E-state index is 5.94. The van der Waals surface area contributed by atoms with Crippen molar-refractivity contribution in [3.8, 4) is 6.01 Å². The normalized spacial score (nSPS) is 17.2. The Bertz CT molecular complexity index is 356. The molecule has 5 heteroatoms. The molecule has 0 atom stereocenters. The Kier molecular flexibility index (Phi) is 4.96. The fourth-order valence-electron chi connectivity index (χ4n) is 2.26. The molecule has 0 amide bonds. The van der Waals surface area contributed by atoms with Gasteiger partial charge in [0.05, 0.1) is 5.72 Å². The first-order valence-electron chi connectivity index (χ1n) is 7.02. The SMILES string of the molecule is C[B]c1nc(CC)nc(OC2CCCCCC2)n1. The summed E-state index contributed by atoms with van der Waals surface area (Å²) in [4.78, 5) is 13.0. The van der Waals surface area contributed by atoms with Crippen LogP contribution < -0.4 is 10.5 Å². The van der Waals surface area contributed by atoms with E-state index in [1.807, 2.05) is 21.0 Å². The lowest BCUT2D eigenvalue weighted by Crippen LogP contribution is -2.26. The minimum absolute atomic E-state index is 0.282. The molecule has 2 rings (SSSR count). The summed E-state index contributed by atoms with van der Waals surface area (Å²) in [5.74, 6) is 0.807. The lowest BCUT2D eigenvalue weighted by Gasteiger charge is -2.15. The molecule has 1 radical (unpaired) electrons. The molecule has 0 saturated heterocycles. The van der Waals surface area contributed by atoms with Gasteiger partial charge in [0, 0.05) is 6.42 Å². The van der Waals surface area contributed by atoms with E-state index in [9.17, 15) is 0 Å². The molecule has 0 aliphatic heterocycles. The number of hydrogen-bond acceptors (Lipinski definition) is 4. The topological polar surface area (TPSA) is 47.9 Å². The molecule has 0 N–H and O–H groups in total. The van der Waals surface area contributed by atoms with E-state index < -0.39 is 0 Å². The van der Waals surface area contributed by atoms with Gasteiger partial charge in [-0.2, -0.15) is 9.97 Å². The Morgan fingerprint density at radius 3 is 2.44 bits per heavy atom. The van der Waals surface area contributed by atoms with Gasteiger partial charge in [0.15, 0.2) is 0 Å². The van der Waals surface area contributed by atoms with E-state index in [4.69, 9.17) is 4.74 Å². The Balaban J connectivity index is 2.06. The Morgan fingerprint density at radius 2 is 1.83 bits per heavy atom. The van der Waals surface area contributed by atoms with Gasteiger partial charge in [-0.15, -0.1) is 0 Å². The number of ether oxygens (including phenoxy) is 1. The molecule has 0 bridgehead atoms. The van der Waals surface area contributed by atoms with Gasteiger partial charge < -0.3 is 4.74 Å². The minimum Gasteiger partial charge on any atom is -0.460 e. The summed E-state index contributed by atoms with van der Waals surface area (Å²) in [5.41, 5.74) is 0.713. The van der Waals surface area contributed by atoms with Crippen molar-refractivity contribution in [2.45, 2.75) is 64.8 Å². The third-order valence-corrected chi connectivity index (χ3v) is 3.33. The van der Waals surface area contributed by atoms with Crippen molar-refractivity contribution < 1.29 is 4.74 Å². The van der Waals surface area contributed by atoms with Crippen molar-refractivity contribution in [1.29, 1.82) is 0 Å². The van der Waals surface area contributed by atoms with Crippen LogP contribution >= 0.6 is 0 Å². The maximum atomic E-state index is 5.94. The molecule has 4 nitrogen and oxygen atoms in total. The van der Waals surface area contributed by atoms with Crippen LogP contribution in [0.4, 0.5) is 0 Å². The van der Waals surface area contributed by atoms with Gasteiger partial charge in [-0.3, -0.25) is 0 Å². The zero-order valence-electron chi connectivity index (χ0n) is 11.4. The van der Waals surface area contributed by atoms with Crippen molar-refractivity contribution in [2.24, 2.45) is 0 Å². The number of nitrogens with zero attached hydrogens (tertiary/aromatic N) is 3. The van der Waals surface area contributed by atoms with E-state index in [1.54, 1.807) is 0 Å². The van der Waals surface area contributed by atoms with Gasteiger partial charge in [0.1, 0.15) is 11.9 Å². The summed E-state index contributed by atoms with van der Waals surface area (Å²) in [7, 11) is 1.89. The summed E-state index contributed by atoms with van der Waals surface area (Å²) >= 11 is 0. The van der Waals surface area contributed by atoms with E-state index >= 15 is 0 Å². The van der Waals surface area contributed by atoms with Crippen molar-refractivity contribution in [2.75, 3.05) is 0 Å². The highest BCUT2D eigenvalue weighted by atomic mass is 16.5. The highest BCUT2D eigenvalue weighted by Gasteiger charge is 2.16. The van der Waals surface area contributed by atoms with Crippen LogP contribution in [-0.2, 0) is 6.42 Å². The van der Waals surface area contributed by atoms with Crippen LogP contribution in [0.15, 0.2) is 0 Å². The predicted octanol–water partition coefficient (Wildman–Crippen LogP) is 1.91. The second-order valence-corrected chi connectivity index (χ2v) is 4.77. The summed E-state index contributed by atoms with van der Waals surface area (Å²) in [6, 6.07) is 0.502. The van der Waals surface area contributed by atoms with Crippen LogP contribution in [0.3, 0.4) is 0 Å². The van der Waals surface area contributed by atoms with Crippen molar-refractivity contribution in [3.05, 3.63) is 5.82 Å². The third kappa shape index (κ3) is 3.69. The zero-order valence-corrected chi connectivity index (χ0v) is 11.4.